The molecule has 10 heavy (non-hydrogen) atoms. The van der Waals surface area contributed by atoms with Crippen molar-refractivity contribution in [2.45, 2.75) is 0 Å². The second kappa shape index (κ2) is 3.00. The summed E-state index contributed by atoms with van der Waals surface area (Å²) in [6.45, 7) is 0. The van der Waals surface area contributed by atoms with Crippen LogP contribution in [-0.2, 0) is 0 Å². The molecular weight excluding hydrogens is 153 g/mol. The molecule has 0 bridgehead atoms. The third-order valence-electron chi connectivity index (χ3n) is 0.931. The maximum Gasteiger partial charge on any atom is 0.500 e. The van der Waals surface area contributed by atoms with Gasteiger partial charge in [-0.25, -0.2) is 4.98 Å². The number of hydrogen-bond donors (Lipinski definition) is 2. The highest BCUT2D eigenvalue weighted by atomic mass is 32.1. The van der Waals surface area contributed by atoms with Gasteiger partial charge in [-0.2, -0.15) is 0 Å². The number of rotatable bonds is 2. The summed E-state index contributed by atoms with van der Waals surface area (Å²) in [5, 5.41) is 17.6. The molecule has 4 nitrogen and oxygen atoms in total. The fraction of sp³-hybridized carbons (Fsp3) is 0.250. The first-order valence-corrected chi connectivity index (χ1v) is 3.41. The highest BCUT2D eigenvalue weighted by Gasteiger charge is 2.14. The van der Waals surface area contributed by atoms with E-state index in [4.69, 9.17) is 14.8 Å². The standard InChI is InChI=1S/C4H6BNO3S/c1-9-4-6-2-3(10-4)5(7)8/h2,7-8H,1H3. The Morgan fingerprint density at radius 3 is 2.70 bits per heavy atom. The van der Waals surface area contributed by atoms with Crippen molar-refractivity contribution in [1.82, 2.24) is 4.98 Å². The van der Waals surface area contributed by atoms with Gasteiger partial charge in [0.2, 0.25) is 0 Å². The average molecular weight is 159 g/mol. The molecule has 0 unspecified atom stereocenters. The predicted octanol–water partition coefficient (Wildman–Crippen LogP) is -1.17. The van der Waals surface area contributed by atoms with Crippen LogP contribution in [0.3, 0.4) is 0 Å². The van der Waals surface area contributed by atoms with E-state index in [1.807, 2.05) is 0 Å². The van der Waals surface area contributed by atoms with Gasteiger partial charge in [0.15, 0.2) is 0 Å². The summed E-state index contributed by atoms with van der Waals surface area (Å²) in [7, 11) is 0.0354. The van der Waals surface area contributed by atoms with E-state index in [1.165, 1.54) is 13.3 Å². The van der Waals surface area contributed by atoms with E-state index < -0.39 is 7.12 Å². The molecule has 1 aromatic rings. The van der Waals surface area contributed by atoms with E-state index >= 15 is 0 Å². The van der Waals surface area contributed by atoms with Gasteiger partial charge in [0.25, 0.3) is 5.19 Å². The Kier molecular flexibility index (Phi) is 2.26. The van der Waals surface area contributed by atoms with Crippen LogP contribution >= 0.6 is 11.3 Å². The Morgan fingerprint density at radius 2 is 2.40 bits per heavy atom. The molecule has 6 heteroatoms. The van der Waals surface area contributed by atoms with Crippen molar-refractivity contribution < 1.29 is 14.8 Å². The number of nitrogens with zero attached hydrogens (tertiary/aromatic N) is 1. The first kappa shape index (κ1) is 7.52. The number of ether oxygens (including phenoxy) is 1. The van der Waals surface area contributed by atoms with Crippen LogP contribution in [0.2, 0.25) is 0 Å². The lowest BCUT2D eigenvalue weighted by Crippen LogP contribution is -2.26. The zero-order chi connectivity index (χ0) is 7.56. The third kappa shape index (κ3) is 1.47. The van der Waals surface area contributed by atoms with Crippen molar-refractivity contribution in [2.75, 3.05) is 7.11 Å². The Balaban J connectivity index is 2.78. The van der Waals surface area contributed by atoms with Crippen molar-refractivity contribution in [2.24, 2.45) is 0 Å². The quantitative estimate of drug-likeness (QED) is 0.533. The third-order valence-corrected chi connectivity index (χ3v) is 1.93. The van der Waals surface area contributed by atoms with E-state index in [0.29, 0.717) is 9.97 Å². The van der Waals surface area contributed by atoms with Crippen LogP contribution in [0.4, 0.5) is 0 Å². The Bertz CT molecular complexity index is 214. The zero-order valence-electron chi connectivity index (χ0n) is 5.31. The van der Waals surface area contributed by atoms with Crippen molar-refractivity contribution >= 4 is 23.2 Å². The molecule has 0 fully saturated rings. The van der Waals surface area contributed by atoms with Gasteiger partial charge in [-0.05, 0) is 0 Å². The SMILES string of the molecule is COc1ncc(B(O)O)s1. The maximum absolute atomic E-state index is 8.60. The highest BCUT2D eigenvalue weighted by Crippen LogP contribution is 2.10. The molecule has 1 rings (SSSR count). The van der Waals surface area contributed by atoms with Crippen LogP contribution in [0, 0.1) is 0 Å². The second-order valence-electron chi connectivity index (χ2n) is 1.61. The molecule has 0 aliphatic carbocycles. The summed E-state index contributed by atoms with van der Waals surface area (Å²) >= 11 is 1.11. The van der Waals surface area contributed by atoms with Crippen LogP contribution in [-0.4, -0.2) is 29.3 Å². The fourth-order valence-corrected chi connectivity index (χ4v) is 1.08. The van der Waals surface area contributed by atoms with E-state index in [2.05, 4.69) is 4.98 Å². The average Bonchev–Trinajstić information content (AvgIpc) is 2.34. The van der Waals surface area contributed by atoms with E-state index in [9.17, 15) is 0 Å². The van der Waals surface area contributed by atoms with Crippen LogP contribution in [0.5, 0.6) is 5.19 Å². The van der Waals surface area contributed by atoms with Crippen molar-refractivity contribution in [3.8, 4) is 5.19 Å². The lowest BCUT2D eigenvalue weighted by atomic mass is 9.91. The van der Waals surface area contributed by atoms with Gasteiger partial charge in [-0.15, -0.1) is 0 Å². The molecule has 1 heterocycles. The molecule has 0 saturated carbocycles. The summed E-state index contributed by atoms with van der Waals surface area (Å²) in [6.07, 6.45) is 1.37. The van der Waals surface area contributed by atoms with Crippen LogP contribution in [0.1, 0.15) is 0 Å². The summed E-state index contributed by atoms with van der Waals surface area (Å²) in [6, 6.07) is 0. The minimum Gasteiger partial charge on any atom is -0.473 e. The van der Waals surface area contributed by atoms with Gasteiger partial charge in [0, 0.05) is 6.20 Å². The van der Waals surface area contributed by atoms with E-state index in [0.717, 1.165) is 11.3 Å². The largest absolute Gasteiger partial charge is 0.500 e. The Morgan fingerprint density at radius 1 is 1.70 bits per heavy atom. The molecular formula is C4H6BNO3S. The van der Waals surface area contributed by atoms with Gasteiger partial charge in [-0.1, -0.05) is 11.3 Å². The van der Waals surface area contributed by atoms with Crippen LogP contribution in [0.25, 0.3) is 0 Å². The Hall–Kier alpha value is -0.585. The fourth-order valence-electron chi connectivity index (χ4n) is 0.484. The zero-order valence-corrected chi connectivity index (χ0v) is 6.13. The minimum atomic E-state index is -1.44. The lowest BCUT2D eigenvalue weighted by molar-refractivity contribution is 0.412. The second-order valence-corrected chi connectivity index (χ2v) is 2.63. The van der Waals surface area contributed by atoms with Gasteiger partial charge in [0.05, 0.1) is 11.9 Å². The number of hydrogen-bond acceptors (Lipinski definition) is 5. The monoisotopic (exact) mass is 159 g/mol. The molecule has 0 aromatic carbocycles. The molecule has 1 aromatic heterocycles. The lowest BCUT2D eigenvalue weighted by Gasteiger charge is -1.88. The molecule has 0 radical (unpaired) electrons. The van der Waals surface area contributed by atoms with Crippen molar-refractivity contribution in [3.05, 3.63) is 6.20 Å². The van der Waals surface area contributed by atoms with Crippen LogP contribution < -0.4 is 9.51 Å². The summed E-state index contributed by atoms with van der Waals surface area (Å²) in [4.78, 5) is 3.73. The van der Waals surface area contributed by atoms with Gasteiger partial charge in [0.1, 0.15) is 0 Å². The van der Waals surface area contributed by atoms with E-state index in [1.54, 1.807) is 0 Å². The molecule has 0 aliphatic rings. The predicted molar refractivity (Wildman–Crippen MR) is 38.5 cm³/mol. The molecule has 0 atom stereocenters. The number of methoxy groups -OCH3 is 1. The first-order valence-electron chi connectivity index (χ1n) is 2.60. The van der Waals surface area contributed by atoms with Crippen molar-refractivity contribution in [1.29, 1.82) is 0 Å². The minimum absolute atomic E-state index is 0.386. The molecule has 2 N–H and O–H groups in total. The summed E-state index contributed by atoms with van der Waals surface area (Å²) in [5.41, 5.74) is 0. The molecule has 0 saturated heterocycles. The maximum atomic E-state index is 8.60. The Labute approximate surface area is 62.3 Å². The normalized spacial score (nSPS) is 9.50. The molecule has 0 spiro atoms. The van der Waals surface area contributed by atoms with Crippen molar-refractivity contribution in [3.63, 3.8) is 0 Å². The number of aromatic nitrogens is 1. The van der Waals surface area contributed by atoms with Crippen LogP contribution in [0.15, 0.2) is 6.20 Å². The topological polar surface area (TPSA) is 62.6 Å². The van der Waals surface area contributed by atoms with Gasteiger partial charge in [-0.3, -0.25) is 0 Å². The first-order chi connectivity index (χ1) is 4.74. The van der Waals surface area contributed by atoms with Gasteiger partial charge < -0.3 is 14.8 Å². The summed E-state index contributed by atoms with van der Waals surface area (Å²) < 4.78 is 5.12. The molecule has 54 valence electrons. The number of thiazole rings is 1. The smallest absolute Gasteiger partial charge is 0.473 e. The molecule has 0 amide bonds. The summed E-state index contributed by atoms with van der Waals surface area (Å²) in [5.74, 6) is 0. The molecule has 0 aliphatic heterocycles. The van der Waals surface area contributed by atoms with Gasteiger partial charge >= 0.3 is 7.12 Å². The van der Waals surface area contributed by atoms with E-state index in [-0.39, 0.29) is 0 Å². The highest BCUT2D eigenvalue weighted by molar-refractivity contribution is 7.23.